The molecule has 0 bridgehead atoms. The van der Waals surface area contributed by atoms with Crippen LogP contribution in [0.4, 0.5) is 0 Å². The van der Waals surface area contributed by atoms with Crippen molar-refractivity contribution in [1.29, 1.82) is 0 Å². The highest BCUT2D eigenvalue weighted by Crippen LogP contribution is 2.00. The predicted molar refractivity (Wildman–Crippen MR) is 63.0 cm³/mol. The number of benzene rings is 1. The molecule has 0 radical (unpaired) electrons. The smallest absolute Gasteiger partial charge is 0.323 e. The van der Waals surface area contributed by atoms with Crippen molar-refractivity contribution in [2.75, 3.05) is 6.54 Å². The lowest BCUT2D eigenvalue weighted by molar-refractivity contribution is -0.143. The molecule has 0 saturated carbocycles. The monoisotopic (exact) mass is 217 g/mol. The number of nitrogens with one attached hydrogen (secondary N) is 1. The van der Waals surface area contributed by atoms with Gasteiger partial charge in [0.2, 0.25) is 0 Å². The molecule has 0 atom stereocenters. The van der Waals surface area contributed by atoms with Crippen molar-refractivity contribution in [2.24, 2.45) is 0 Å². The van der Waals surface area contributed by atoms with Gasteiger partial charge in [0, 0.05) is 5.56 Å². The summed E-state index contributed by atoms with van der Waals surface area (Å²) in [5.41, 5.74) is -0.0109. The highest BCUT2D eigenvalue weighted by molar-refractivity contribution is 5.77. The molecule has 0 amide bonds. The number of aliphatic carboxylic acids is 1. The molecule has 84 valence electrons. The summed E-state index contributed by atoms with van der Waals surface area (Å²) in [6.07, 6.45) is 0. The van der Waals surface area contributed by atoms with E-state index >= 15 is 0 Å². The van der Waals surface area contributed by atoms with Crippen molar-refractivity contribution in [3.05, 3.63) is 35.9 Å². The third-order valence-electron chi connectivity index (χ3n) is 2.16. The third kappa shape index (κ3) is 3.76. The molecular formula is C13H15NO2. The average molecular weight is 217 g/mol. The van der Waals surface area contributed by atoms with E-state index in [2.05, 4.69) is 17.2 Å². The maximum atomic E-state index is 10.8. The highest BCUT2D eigenvalue weighted by atomic mass is 16.4. The summed E-state index contributed by atoms with van der Waals surface area (Å²) in [6.45, 7) is 3.58. The van der Waals surface area contributed by atoms with Gasteiger partial charge in [0.05, 0.1) is 6.54 Å². The first-order valence-electron chi connectivity index (χ1n) is 5.05. The van der Waals surface area contributed by atoms with Gasteiger partial charge in [-0.05, 0) is 26.0 Å². The molecular weight excluding hydrogens is 202 g/mol. The summed E-state index contributed by atoms with van der Waals surface area (Å²) in [5, 5.41) is 11.7. The van der Waals surface area contributed by atoms with Gasteiger partial charge in [0.15, 0.2) is 0 Å². The van der Waals surface area contributed by atoms with Gasteiger partial charge < -0.3 is 5.11 Å². The van der Waals surface area contributed by atoms with Gasteiger partial charge in [-0.3, -0.25) is 10.1 Å². The van der Waals surface area contributed by atoms with Crippen LogP contribution in [0.3, 0.4) is 0 Å². The van der Waals surface area contributed by atoms with Crippen LogP contribution in [0.1, 0.15) is 19.4 Å². The van der Waals surface area contributed by atoms with Gasteiger partial charge in [-0.1, -0.05) is 30.0 Å². The fourth-order valence-electron chi connectivity index (χ4n) is 1.01. The lowest BCUT2D eigenvalue weighted by Gasteiger charge is -2.18. The summed E-state index contributed by atoms with van der Waals surface area (Å²) in [6, 6.07) is 9.58. The van der Waals surface area contributed by atoms with Crippen LogP contribution in [0, 0.1) is 11.8 Å². The first kappa shape index (κ1) is 12.3. The van der Waals surface area contributed by atoms with E-state index < -0.39 is 11.5 Å². The van der Waals surface area contributed by atoms with Crippen LogP contribution in [0.15, 0.2) is 30.3 Å². The predicted octanol–water partition coefficient (Wildman–Crippen LogP) is 1.49. The van der Waals surface area contributed by atoms with Crippen molar-refractivity contribution in [3.63, 3.8) is 0 Å². The van der Waals surface area contributed by atoms with Crippen LogP contribution in [-0.2, 0) is 4.79 Å². The SMILES string of the molecule is CC(C)(NCC#Cc1ccccc1)C(=O)O. The van der Waals surface area contributed by atoms with Gasteiger partial charge >= 0.3 is 5.97 Å². The Morgan fingerprint density at radius 2 is 2.00 bits per heavy atom. The number of rotatable bonds is 3. The molecule has 1 rings (SSSR count). The molecule has 0 aliphatic rings. The molecule has 0 fully saturated rings. The summed E-state index contributed by atoms with van der Waals surface area (Å²) >= 11 is 0. The molecule has 0 unspecified atom stereocenters. The largest absolute Gasteiger partial charge is 0.480 e. The van der Waals surface area contributed by atoms with Crippen LogP contribution < -0.4 is 5.32 Å². The van der Waals surface area contributed by atoms with Crippen LogP contribution in [0.25, 0.3) is 0 Å². The molecule has 0 aromatic heterocycles. The normalized spacial score (nSPS) is 10.4. The van der Waals surface area contributed by atoms with Gasteiger partial charge in [0.25, 0.3) is 0 Å². The first-order chi connectivity index (χ1) is 7.52. The summed E-state index contributed by atoms with van der Waals surface area (Å²) in [4.78, 5) is 10.8. The van der Waals surface area contributed by atoms with E-state index in [4.69, 9.17) is 5.11 Å². The summed E-state index contributed by atoms with van der Waals surface area (Å²) < 4.78 is 0. The van der Waals surface area contributed by atoms with Gasteiger partial charge in [-0.2, -0.15) is 0 Å². The minimum absolute atomic E-state index is 0.355. The second-order valence-corrected chi connectivity index (χ2v) is 3.95. The number of carboxylic acid groups (broad SMARTS) is 1. The zero-order chi connectivity index (χ0) is 12.0. The van der Waals surface area contributed by atoms with E-state index in [1.807, 2.05) is 30.3 Å². The van der Waals surface area contributed by atoms with Crippen molar-refractivity contribution < 1.29 is 9.90 Å². The van der Waals surface area contributed by atoms with Crippen molar-refractivity contribution in [3.8, 4) is 11.8 Å². The molecule has 0 aliphatic carbocycles. The molecule has 1 aromatic carbocycles. The number of hydrogen-bond acceptors (Lipinski definition) is 2. The van der Waals surface area contributed by atoms with E-state index in [0.29, 0.717) is 6.54 Å². The van der Waals surface area contributed by atoms with Crippen LogP contribution >= 0.6 is 0 Å². The Balaban J connectivity index is 2.48. The van der Waals surface area contributed by atoms with E-state index in [1.165, 1.54) is 0 Å². The number of carbonyl (C=O) groups is 1. The van der Waals surface area contributed by atoms with Crippen molar-refractivity contribution in [1.82, 2.24) is 5.32 Å². The van der Waals surface area contributed by atoms with Gasteiger partial charge in [0.1, 0.15) is 5.54 Å². The maximum Gasteiger partial charge on any atom is 0.323 e. The standard InChI is InChI=1S/C13H15NO2/c1-13(2,12(15)16)14-10-6-9-11-7-4-3-5-8-11/h3-5,7-8,14H,10H2,1-2H3,(H,15,16). The number of carboxylic acids is 1. The third-order valence-corrected chi connectivity index (χ3v) is 2.16. The van der Waals surface area contributed by atoms with Crippen LogP contribution in [0.5, 0.6) is 0 Å². The minimum Gasteiger partial charge on any atom is -0.480 e. The molecule has 0 aliphatic heterocycles. The highest BCUT2D eigenvalue weighted by Gasteiger charge is 2.25. The lowest BCUT2D eigenvalue weighted by Crippen LogP contribution is -2.46. The van der Waals surface area contributed by atoms with Gasteiger partial charge in [-0.25, -0.2) is 0 Å². The van der Waals surface area contributed by atoms with Crippen molar-refractivity contribution >= 4 is 5.97 Å². The molecule has 0 spiro atoms. The van der Waals surface area contributed by atoms with Crippen molar-refractivity contribution in [2.45, 2.75) is 19.4 Å². The van der Waals surface area contributed by atoms with Crippen LogP contribution in [-0.4, -0.2) is 23.2 Å². The molecule has 16 heavy (non-hydrogen) atoms. The Hall–Kier alpha value is -1.79. The Labute approximate surface area is 95.5 Å². The van der Waals surface area contributed by atoms with E-state index in [-0.39, 0.29) is 0 Å². The first-order valence-corrected chi connectivity index (χ1v) is 5.05. The molecule has 3 nitrogen and oxygen atoms in total. The van der Waals surface area contributed by atoms with Crippen LogP contribution in [0.2, 0.25) is 0 Å². The molecule has 2 N–H and O–H groups in total. The summed E-state index contributed by atoms with van der Waals surface area (Å²) in [5.74, 6) is 4.96. The van der Waals surface area contributed by atoms with E-state index in [0.717, 1.165) is 5.56 Å². The second-order valence-electron chi connectivity index (χ2n) is 3.95. The maximum absolute atomic E-state index is 10.8. The van der Waals surface area contributed by atoms with E-state index in [9.17, 15) is 4.79 Å². The zero-order valence-electron chi connectivity index (χ0n) is 9.45. The average Bonchev–Trinajstić information content (AvgIpc) is 2.26. The Kier molecular flexibility index (Phi) is 4.10. The minimum atomic E-state index is -0.939. The number of hydrogen-bond donors (Lipinski definition) is 2. The molecule has 1 aromatic rings. The quantitative estimate of drug-likeness (QED) is 0.754. The topological polar surface area (TPSA) is 49.3 Å². The molecule has 0 saturated heterocycles. The zero-order valence-corrected chi connectivity index (χ0v) is 9.45. The molecule has 3 heteroatoms. The fraction of sp³-hybridized carbons (Fsp3) is 0.308. The van der Waals surface area contributed by atoms with Gasteiger partial charge in [-0.15, -0.1) is 0 Å². The van der Waals surface area contributed by atoms with E-state index in [1.54, 1.807) is 13.8 Å². The Morgan fingerprint density at radius 1 is 1.38 bits per heavy atom. The second kappa shape index (κ2) is 5.34. The lowest BCUT2D eigenvalue weighted by atomic mass is 10.1. The Morgan fingerprint density at radius 3 is 2.56 bits per heavy atom. The molecule has 0 heterocycles. The summed E-state index contributed by atoms with van der Waals surface area (Å²) in [7, 11) is 0. The Bertz CT molecular complexity index is 413. The fourth-order valence-corrected chi connectivity index (χ4v) is 1.01.